The average molecular weight is 328 g/mol. The molecule has 1 nitrogen and oxygen atoms in total. The van der Waals surface area contributed by atoms with Crippen LogP contribution in [0.3, 0.4) is 0 Å². The molecule has 3 aliphatic carbocycles. The molecule has 3 saturated carbocycles. The monoisotopic (exact) mass is 327 g/mol. The van der Waals surface area contributed by atoms with Crippen molar-refractivity contribution in [2.45, 2.75) is 90.9 Å². The lowest BCUT2D eigenvalue weighted by atomic mass is 9.68. The molecule has 0 heterocycles. The highest BCUT2D eigenvalue weighted by atomic mass is 14.4. The molecule has 0 aromatic rings. The third-order valence-electron chi connectivity index (χ3n) is 7.60. The summed E-state index contributed by atoms with van der Waals surface area (Å²) < 4.78 is 0. The Morgan fingerprint density at radius 3 is 1.88 bits per heavy atom. The van der Waals surface area contributed by atoms with Crippen LogP contribution in [0.4, 0.5) is 0 Å². The predicted octanol–water partition coefficient (Wildman–Crippen LogP) is 6.90. The van der Waals surface area contributed by atoms with E-state index in [1.165, 1.54) is 64.2 Å². The summed E-state index contributed by atoms with van der Waals surface area (Å²) in [6, 6.07) is 2.46. The zero-order valence-corrected chi connectivity index (χ0v) is 16.0. The van der Waals surface area contributed by atoms with Crippen molar-refractivity contribution < 1.29 is 0 Å². The fourth-order valence-electron chi connectivity index (χ4n) is 5.73. The molecule has 0 spiro atoms. The number of nitriles is 1. The van der Waals surface area contributed by atoms with Gasteiger partial charge < -0.3 is 0 Å². The molecule has 0 bridgehead atoms. The van der Waals surface area contributed by atoms with Gasteiger partial charge in [0, 0.05) is 5.92 Å². The van der Waals surface area contributed by atoms with Gasteiger partial charge in [0.05, 0.1) is 6.07 Å². The highest BCUT2D eigenvalue weighted by Gasteiger charge is 2.30. The molecule has 0 unspecified atom stereocenters. The van der Waals surface area contributed by atoms with Crippen molar-refractivity contribution in [3.63, 3.8) is 0 Å². The van der Waals surface area contributed by atoms with Gasteiger partial charge in [-0.1, -0.05) is 31.4 Å². The van der Waals surface area contributed by atoms with E-state index in [2.05, 4.69) is 26.0 Å². The van der Waals surface area contributed by atoms with Gasteiger partial charge in [0.2, 0.25) is 0 Å². The average Bonchev–Trinajstić information content (AvgIpc) is 2.63. The zero-order valence-electron chi connectivity index (χ0n) is 16.0. The van der Waals surface area contributed by atoms with Gasteiger partial charge in [0.25, 0.3) is 0 Å². The Labute approximate surface area is 149 Å². The lowest BCUT2D eigenvalue weighted by molar-refractivity contribution is 0.158. The number of allylic oxidation sites excluding steroid dienone is 2. The standard InChI is InChI=1S/C23H37N/c1-17-3-9-22(10-4-17)23-13-11-21(12-14-23)18(2)15-19-5-7-20(16-24)8-6-19/h15,17,19-23H,3-14H2,1-2H3. The first-order chi connectivity index (χ1) is 11.7. The molecule has 0 radical (unpaired) electrons. The number of nitrogens with zero attached hydrogens (tertiary/aromatic N) is 1. The third-order valence-corrected chi connectivity index (χ3v) is 7.60. The van der Waals surface area contributed by atoms with Crippen LogP contribution in [0.2, 0.25) is 0 Å². The van der Waals surface area contributed by atoms with Crippen LogP contribution in [-0.4, -0.2) is 0 Å². The summed E-state index contributed by atoms with van der Waals surface area (Å²) in [4.78, 5) is 0. The van der Waals surface area contributed by atoms with Crippen molar-refractivity contribution in [2.75, 3.05) is 0 Å². The summed E-state index contributed by atoms with van der Waals surface area (Å²) in [6.07, 6.45) is 19.1. The van der Waals surface area contributed by atoms with E-state index in [-0.39, 0.29) is 0 Å². The molecule has 0 aliphatic heterocycles. The second-order valence-electron chi connectivity index (χ2n) is 9.28. The van der Waals surface area contributed by atoms with Crippen molar-refractivity contribution >= 4 is 0 Å². The van der Waals surface area contributed by atoms with Gasteiger partial charge in [-0.25, -0.2) is 0 Å². The van der Waals surface area contributed by atoms with Gasteiger partial charge in [0.15, 0.2) is 0 Å². The largest absolute Gasteiger partial charge is 0.198 e. The summed E-state index contributed by atoms with van der Waals surface area (Å²) in [5.74, 6) is 5.02. The minimum absolute atomic E-state index is 0.337. The fourth-order valence-corrected chi connectivity index (χ4v) is 5.73. The summed E-state index contributed by atoms with van der Waals surface area (Å²) in [5.41, 5.74) is 1.67. The Balaban J connectivity index is 1.44. The van der Waals surface area contributed by atoms with Crippen LogP contribution in [0.15, 0.2) is 11.6 Å². The molecule has 3 aliphatic rings. The highest BCUT2D eigenvalue weighted by Crippen LogP contribution is 2.43. The Kier molecular flexibility index (Phi) is 6.43. The van der Waals surface area contributed by atoms with Crippen molar-refractivity contribution in [3.8, 4) is 6.07 Å². The van der Waals surface area contributed by atoms with E-state index in [1.807, 2.05) is 0 Å². The molecule has 134 valence electrons. The second-order valence-corrected chi connectivity index (χ2v) is 9.28. The number of rotatable bonds is 3. The Morgan fingerprint density at radius 2 is 1.33 bits per heavy atom. The topological polar surface area (TPSA) is 23.8 Å². The molecular formula is C23H37N. The van der Waals surface area contributed by atoms with E-state index < -0.39 is 0 Å². The molecule has 1 heteroatoms. The number of hydrogen-bond donors (Lipinski definition) is 0. The van der Waals surface area contributed by atoms with Crippen LogP contribution >= 0.6 is 0 Å². The molecule has 3 fully saturated rings. The first-order valence-corrected chi connectivity index (χ1v) is 10.7. The molecule has 0 aromatic heterocycles. The van der Waals surface area contributed by atoms with Gasteiger partial charge in [-0.3, -0.25) is 0 Å². The maximum absolute atomic E-state index is 9.04. The van der Waals surface area contributed by atoms with Gasteiger partial charge in [-0.05, 0) is 101 Å². The van der Waals surface area contributed by atoms with Crippen LogP contribution in [0, 0.1) is 46.8 Å². The van der Waals surface area contributed by atoms with Crippen molar-refractivity contribution in [1.29, 1.82) is 5.26 Å². The van der Waals surface area contributed by atoms with Crippen LogP contribution in [0.5, 0.6) is 0 Å². The SMILES string of the molecule is CC(=CC1CCC(C#N)CC1)C1CCC(C2CCC(C)CC2)CC1. The minimum atomic E-state index is 0.337. The number of hydrogen-bond acceptors (Lipinski definition) is 1. The van der Waals surface area contributed by atoms with Gasteiger partial charge in [-0.2, -0.15) is 5.26 Å². The van der Waals surface area contributed by atoms with E-state index in [0.29, 0.717) is 5.92 Å². The summed E-state index contributed by atoms with van der Waals surface area (Å²) >= 11 is 0. The molecule has 0 amide bonds. The Hall–Kier alpha value is -0.770. The first-order valence-electron chi connectivity index (χ1n) is 10.7. The Morgan fingerprint density at radius 1 is 0.792 bits per heavy atom. The summed E-state index contributed by atoms with van der Waals surface area (Å²) in [7, 11) is 0. The van der Waals surface area contributed by atoms with E-state index >= 15 is 0 Å². The predicted molar refractivity (Wildman–Crippen MR) is 101 cm³/mol. The molecule has 3 rings (SSSR count). The van der Waals surface area contributed by atoms with Crippen LogP contribution < -0.4 is 0 Å². The Bertz CT molecular complexity index is 447. The minimum Gasteiger partial charge on any atom is -0.198 e. The van der Waals surface area contributed by atoms with E-state index in [1.54, 1.807) is 5.57 Å². The van der Waals surface area contributed by atoms with Crippen LogP contribution in [-0.2, 0) is 0 Å². The van der Waals surface area contributed by atoms with Crippen molar-refractivity contribution in [3.05, 3.63) is 11.6 Å². The second kappa shape index (κ2) is 8.55. The van der Waals surface area contributed by atoms with Crippen LogP contribution in [0.25, 0.3) is 0 Å². The van der Waals surface area contributed by atoms with E-state index in [9.17, 15) is 0 Å². The van der Waals surface area contributed by atoms with E-state index in [0.717, 1.165) is 42.4 Å². The normalized spacial score (nSPS) is 41.6. The lowest BCUT2D eigenvalue weighted by Crippen LogP contribution is -2.25. The summed E-state index contributed by atoms with van der Waals surface area (Å²) in [5, 5.41) is 9.04. The maximum atomic E-state index is 9.04. The zero-order chi connectivity index (χ0) is 16.9. The maximum Gasteiger partial charge on any atom is 0.0655 e. The molecule has 0 aromatic carbocycles. The van der Waals surface area contributed by atoms with Gasteiger partial charge >= 0.3 is 0 Å². The lowest BCUT2D eigenvalue weighted by Gasteiger charge is -2.37. The van der Waals surface area contributed by atoms with Crippen molar-refractivity contribution in [2.24, 2.45) is 35.5 Å². The molecule has 24 heavy (non-hydrogen) atoms. The molecule has 0 saturated heterocycles. The third kappa shape index (κ3) is 4.65. The van der Waals surface area contributed by atoms with E-state index in [4.69, 9.17) is 5.26 Å². The fraction of sp³-hybridized carbons (Fsp3) is 0.870. The smallest absolute Gasteiger partial charge is 0.0655 e. The quantitative estimate of drug-likeness (QED) is 0.517. The molecule has 0 atom stereocenters. The molecule has 0 N–H and O–H groups in total. The highest BCUT2D eigenvalue weighted by molar-refractivity contribution is 5.08. The van der Waals surface area contributed by atoms with Gasteiger partial charge in [-0.15, -0.1) is 0 Å². The first kappa shape index (κ1) is 18.0. The summed E-state index contributed by atoms with van der Waals surface area (Å²) in [6.45, 7) is 4.83. The van der Waals surface area contributed by atoms with Crippen molar-refractivity contribution in [1.82, 2.24) is 0 Å². The van der Waals surface area contributed by atoms with Gasteiger partial charge in [0.1, 0.15) is 0 Å². The van der Waals surface area contributed by atoms with Crippen LogP contribution in [0.1, 0.15) is 90.9 Å². The molecular weight excluding hydrogens is 290 g/mol.